The van der Waals surface area contributed by atoms with Crippen LogP contribution < -0.4 is 5.73 Å². The van der Waals surface area contributed by atoms with Crippen molar-refractivity contribution in [1.29, 1.82) is 0 Å². The monoisotopic (exact) mass is 235 g/mol. The smallest absolute Gasteiger partial charge is 0.134 e. The second kappa shape index (κ2) is 3.22. The predicted octanol–water partition coefficient (Wildman–Crippen LogP) is 2.66. The van der Waals surface area contributed by atoms with Crippen molar-refractivity contribution in [1.82, 2.24) is 9.78 Å². The molecule has 3 rings (SSSR count). The summed E-state index contributed by atoms with van der Waals surface area (Å²) in [5, 5.41) is 6.14. The fourth-order valence-electron chi connectivity index (χ4n) is 2.04. The molecule has 0 aliphatic heterocycles. The summed E-state index contributed by atoms with van der Waals surface area (Å²) in [6.07, 6.45) is 2.14. The van der Waals surface area contributed by atoms with Gasteiger partial charge in [-0.2, -0.15) is 5.10 Å². The fraction of sp³-hybridized carbons (Fsp3) is 0.417. The molecule has 0 amide bonds. The molecular weight excluding hydrogens is 222 g/mol. The van der Waals surface area contributed by atoms with E-state index in [1.807, 2.05) is 17.7 Å². The zero-order chi connectivity index (χ0) is 11.3. The molecule has 1 heterocycles. The molecule has 0 atom stereocenters. The van der Waals surface area contributed by atoms with E-state index in [0.29, 0.717) is 5.15 Å². The number of nitrogens with zero attached hydrogens (tertiary/aromatic N) is 2. The van der Waals surface area contributed by atoms with E-state index in [9.17, 15) is 0 Å². The van der Waals surface area contributed by atoms with E-state index in [2.05, 4.69) is 17.2 Å². The Balaban J connectivity index is 2.20. The minimum absolute atomic E-state index is 0.105. The van der Waals surface area contributed by atoms with Crippen molar-refractivity contribution < 1.29 is 0 Å². The van der Waals surface area contributed by atoms with Gasteiger partial charge in [0.15, 0.2) is 0 Å². The lowest BCUT2D eigenvalue weighted by Gasteiger charge is -2.08. The number of fused-ring (bicyclic) bond motifs is 1. The van der Waals surface area contributed by atoms with Crippen LogP contribution in [0.3, 0.4) is 0 Å². The predicted molar refractivity (Wildman–Crippen MR) is 65.5 cm³/mol. The molecule has 2 N–H and O–H groups in total. The molecule has 1 saturated carbocycles. The summed E-state index contributed by atoms with van der Waals surface area (Å²) >= 11 is 6.26. The van der Waals surface area contributed by atoms with Crippen LogP contribution in [0.15, 0.2) is 18.2 Å². The van der Waals surface area contributed by atoms with Crippen molar-refractivity contribution in [2.75, 3.05) is 0 Å². The highest BCUT2D eigenvalue weighted by Crippen LogP contribution is 2.43. The van der Waals surface area contributed by atoms with Gasteiger partial charge in [-0.25, -0.2) is 0 Å². The van der Waals surface area contributed by atoms with E-state index in [-0.39, 0.29) is 5.54 Å². The van der Waals surface area contributed by atoms with Gasteiger partial charge in [0.05, 0.1) is 5.52 Å². The standard InChI is InChI=1S/C12H14ClN3/c1-2-16-11(13)9-7-8(12(14)5-6-12)3-4-10(9)15-16/h3-4,7H,2,5-6,14H2,1H3. The van der Waals surface area contributed by atoms with E-state index in [4.69, 9.17) is 17.3 Å². The van der Waals surface area contributed by atoms with Crippen LogP contribution in [0.4, 0.5) is 0 Å². The number of aryl methyl sites for hydroxylation is 1. The number of hydrogen-bond acceptors (Lipinski definition) is 2. The zero-order valence-corrected chi connectivity index (χ0v) is 9.96. The molecule has 0 radical (unpaired) electrons. The van der Waals surface area contributed by atoms with E-state index in [0.717, 1.165) is 30.3 Å². The van der Waals surface area contributed by atoms with Gasteiger partial charge >= 0.3 is 0 Å². The highest BCUT2D eigenvalue weighted by molar-refractivity contribution is 6.34. The van der Waals surface area contributed by atoms with Gasteiger partial charge in [0.2, 0.25) is 0 Å². The van der Waals surface area contributed by atoms with E-state index in [1.54, 1.807) is 0 Å². The van der Waals surface area contributed by atoms with Crippen LogP contribution in [-0.2, 0) is 12.1 Å². The van der Waals surface area contributed by atoms with E-state index < -0.39 is 0 Å². The van der Waals surface area contributed by atoms with Gasteiger partial charge in [-0.3, -0.25) is 4.68 Å². The van der Waals surface area contributed by atoms with Crippen molar-refractivity contribution in [3.63, 3.8) is 0 Å². The Bertz CT molecular complexity index is 555. The molecule has 1 aliphatic rings. The first-order valence-corrected chi connectivity index (χ1v) is 5.97. The second-order valence-electron chi connectivity index (χ2n) is 4.49. The summed E-state index contributed by atoms with van der Waals surface area (Å²) in [5.74, 6) is 0. The number of hydrogen-bond donors (Lipinski definition) is 1. The van der Waals surface area contributed by atoms with E-state index >= 15 is 0 Å². The Morgan fingerprint density at radius 1 is 1.50 bits per heavy atom. The number of halogens is 1. The SMILES string of the molecule is CCn1nc2ccc(C3(N)CC3)cc2c1Cl. The van der Waals surface area contributed by atoms with Crippen molar-refractivity contribution in [2.45, 2.75) is 31.8 Å². The Hall–Kier alpha value is -1.06. The summed E-state index contributed by atoms with van der Waals surface area (Å²) < 4.78 is 1.81. The van der Waals surface area contributed by atoms with Crippen LogP contribution in [0.1, 0.15) is 25.3 Å². The molecule has 1 aliphatic carbocycles. The highest BCUT2D eigenvalue weighted by Gasteiger charge is 2.40. The molecule has 16 heavy (non-hydrogen) atoms. The number of benzene rings is 1. The molecule has 1 aromatic carbocycles. The lowest BCUT2D eigenvalue weighted by Crippen LogP contribution is -2.18. The van der Waals surface area contributed by atoms with Gasteiger partial charge in [0.25, 0.3) is 0 Å². The summed E-state index contributed by atoms with van der Waals surface area (Å²) in [5.41, 5.74) is 8.20. The summed E-state index contributed by atoms with van der Waals surface area (Å²) in [4.78, 5) is 0. The maximum atomic E-state index is 6.26. The van der Waals surface area contributed by atoms with Crippen LogP contribution in [0.2, 0.25) is 5.15 Å². The highest BCUT2D eigenvalue weighted by atomic mass is 35.5. The Morgan fingerprint density at radius 3 is 2.88 bits per heavy atom. The van der Waals surface area contributed by atoms with Crippen LogP contribution in [-0.4, -0.2) is 9.78 Å². The molecule has 1 fully saturated rings. The number of nitrogens with two attached hydrogens (primary N) is 1. The van der Waals surface area contributed by atoms with Crippen LogP contribution in [0.5, 0.6) is 0 Å². The first kappa shape index (κ1) is 10.1. The van der Waals surface area contributed by atoms with E-state index in [1.165, 1.54) is 5.56 Å². The average Bonchev–Trinajstić information content (AvgIpc) is 2.96. The average molecular weight is 236 g/mol. The fourth-order valence-corrected chi connectivity index (χ4v) is 2.35. The van der Waals surface area contributed by atoms with Gasteiger partial charge in [0.1, 0.15) is 5.15 Å². The molecule has 0 spiro atoms. The van der Waals surface area contributed by atoms with Crippen LogP contribution >= 0.6 is 11.6 Å². The van der Waals surface area contributed by atoms with Gasteiger partial charge in [-0.15, -0.1) is 0 Å². The summed E-state index contributed by atoms with van der Waals surface area (Å²) in [6, 6.07) is 6.16. The third-order valence-corrected chi connectivity index (χ3v) is 3.74. The lowest BCUT2D eigenvalue weighted by molar-refractivity contribution is 0.669. The Labute approximate surface area is 99.2 Å². The molecule has 0 saturated heterocycles. The molecule has 0 bridgehead atoms. The molecule has 0 unspecified atom stereocenters. The van der Waals surface area contributed by atoms with Gasteiger partial charge in [-0.05, 0) is 37.5 Å². The molecular formula is C12H14ClN3. The first-order chi connectivity index (χ1) is 7.64. The minimum Gasteiger partial charge on any atom is -0.321 e. The third kappa shape index (κ3) is 1.35. The summed E-state index contributed by atoms with van der Waals surface area (Å²) in [6.45, 7) is 2.82. The van der Waals surface area contributed by atoms with Crippen molar-refractivity contribution in [3.05, 3.63) is 28.9 Å². The lowest BCUT2D eigenvalue weighted by atomic mass is 10.0. The number of aromatic nitrogens is 2. The molecule has 84 valence electrons. The van der Waals surface area contributed by atoms with Gasteiger partial charge < -0.3 is 5.73 Å². The van der Waals surface area contributed by atoms with Crippen molar-refractivity contribution >= 4 is 22.5 Å². The Morgan fingerprint density at radius 2 is 2.25 bits per heavy atom. The van der Waals surface area contributed by atoms with Gasteiger partial charge in [-0.1, -0.05) is 17.7 Å². The quantitative estimate of drug-likeness (QED) is 0.870. The van der Waals surface area contributed by atoms with Crippen molar-refractivity contribution in [2.24, 2.45) is 5.73 Å². The zero-order valence-electron chi connectivity index (χ0n) is 9.20. The molecule has 2 aromatic rings. The van der Waals surface area contributed by atoms with Gasteiger partial charge in [0, 0.05) is 17.5 Å². The number of rotatable bonds is 2. The minimum atomic E-state index is -0.105. The maximum absolute atomic E-state index is 6.26. The molecule has 1 aromatic heterocycles. The first-order valence-electron chi connectivity index (χ1n) is 5.59. The largest absolute Gasteiger partial charge is 0.321 e. The topological polar surface area (TPSA) is 43.8 Å². The van der Waals surface area contributed by atoms with Crippen LogP contribution in [0, 0.1) is 0 Å². The summed E-state index contributed by atoms with van der Waals surface area (Å²) in [7, 11) is 0. The normalized spacial score (nSPS) is 17.9. The van der Waals surface area contributed by atoms with Crippen LogP contribution in [0.25, 0.3) is 10.9 Å². The maximum Gasteiger partial charge on any atom is 0.134 e. The second-order valence-corrected chi connectivity index (χ2v) is 4.85. The third-order valence-electron chi connectivity index (χ3n) is 3.34. The Kier molecular flexibility index (Phi) is 2.03. The van der Waals surface area contributed by atoms with Crippen molar-refractivity contribution in [3.8, 4) is 0 Å². The molecule has 4 heteroatoms. The molecule has 3 nitrogen and oxygen atoms in total.